The van der Waals surface area contributed by atoms with E-state index in [-0.39, 0.29) is 24.7 Å². The Morgan fingerprint density at radius 3 is 1.89 bits per heavy atom. The van der Waals surface area contributed by atoms with Crippen molar-refractivity contribution >= 4 is 29.4 Å². The van der Waals surface area contributed by atoms with Gasteiger partial charge in [-0.2, -0.15) is 22.0 Å². The van der Waals surface area contributed by atoms with Crippen LogP contribution in [-0.2, 0) is 20.4 Å². The Balaban J connectivity index is 1.31. The molecule has 0 heterocycles. The van der Waals surface area contributed by atoms with Crippen LogP contribution in [0.1, 0.15) is 53.6 Å². The highest BCUT2D eigenvalue weighted by Crippen LogP contribution is 2.33. The highest BCUT2D eigenvalue weighted by Gasteiger charge is 2.34. The third-order valence-electron chi connectivity index (χ3n) is 6.11. The number of alkyl halides is 5. The third-order valence-corrected chi connectivity index (χ3v) is 6.11. The van der Waals surface area contributed by atoms with Crippen molar-refractivity contribution < 1.29 is 50.5 Å². The van der Waals surface area contributed by atoms with Gasteiger partial charge >= 0.3 is 24.2 Å². The lowest BCUT2D eigenvalue weighted by atomic mass is 10.2. The number of esters is 2. The molecule has 13 heteroatoms. The molecular weight excluding hydrogens is 603 g/mol. The van der Waals surface area contributed by atoms with E-state index in [2.05, 4.69) is 0 Å². The number of nitrogen functional groups attached to an aromatic ring is 2. The highest BCUT2D eigenvalue weighted by atomic mass is 19.4. The summed E-state index contributed by atoms with van der Waals surface area (Å²) in [4.78, 5) is 24.0. The molecule has 0 saturated carbocycles. The smallest absolute Gasteiger partial charge is 0.426 e. The van der Waals surface area contributed by atoms with E-state index in [0.29, 0.717) is 35.3 Å². The topological polar surface area (TPSA) is 123 Å². The Kier molecular flexibility index (Phi) is 12.6. The maximum Gasteiger partial charge on any atom is 0.426 e. The van der Waals surface area contributed by atoms with Gasteiger partial charge in [-0.25, -0.2) is 9.59 Å². The molecule has 0 aliphatic carbocycles. The summed E-state index contributed by atoms with van der Waals surface area (Å²) in [5.41, 5.74) is 12.4. The van der Waals surface area contributed by atoms with Crippen molar-refractivity contribution in [3.05, 3.63) is 89.5 Å². The minimum Gasteiger partial charge on any atom is -0.493 e. The molecule has 0 radical (unpaired) electrons. The van der Waals surface area contributed by atoms with Gasteiger partial charge in [0.25, 0.3) is 0 Å². The summed E-state index contributed by atoms with van der Waals surface area (Å²) in [6.45, 7) is -0.189. The van der Waals surface area contributed by atoms with E-state index in [1.165, 1.54) is 48.6 Å². The van der Waals surface area contributed by atoms with Crippen LogP contribution in [0.25, 0.3) is 6.08 Å². The number of hydrogen-bond donors (Lipinski definition) is 2. The van der Waals surface area contributed by atoms with Crippen LogP contribution in [0, 0.1) is 0 Å². The van der Waals surface area contributed by atoms with Crippen LogP contribution in [0.15, 0.2) is 72.8 Å². The average molecular weight is 637 g/mol. The Labute approximate surface area is 256 Å². The van der Waals surface area contributed by atoms with E-state index in [0.717, 1.165) is 37.1 Å². The number of nitrogens with two attached hydrogens (primary N) is 2. The van der Waals surface area contributed by atoms with Crippen LogP contribution in [0.2, 0.25) is 0 Å². The van der Waals surface area contributed by atoms with E-state index in [9.17, 15) is 31.5 Å². The number of benzene rings is 3. The maximum atomic E-state index is 14.6. The standard InChI is InChI=1S/C32H33F5N2O6/c33-31(34,35)15-18-42-27-12-8-24(9-13-27)32(36,37)45-28-10-5-22(6-11-28)7-14-29(40)43-16-3-1-2-4-17-44-30(41)23-19-25(38)21-26(39)20-23/h5-14,19-21H,1-4,15-18,38-39H2/b14-7+. The molecule has 0 bridgehead atoms. The van der Waals surface area contributed by atoms with Gasteiger partial charge in [0.05, 0.1) is 37.4 Å². The SMILES string of the molecule is Nc1cc(N)cc(C(=O)OCCCCCCOC(=O)/C=C/c2ccc(OC(F)(F)c3ccc(OCCC(F)(F)F)cc3)cc2)c1. The minimum absolute atomic E-state index is 0.0196. The molecule has 3 aromatic carbocycles. The Morgan fingerprint density at radius 1 is 0.711 bits per heavy atom. The summed E-state index contributed by atoms with van der Waals surface area (Å²) in [7, 11) is 0. The summed E-state index contributed by atoms with van der Waals surface area (Å²) in [5, 5.41) is 0. The number of ether oxygens (including phenoxy) is 4. The van der Waals surface area contributed by atoms with E-state index in [1.807, 2.05) is 0 Å². The number of rotatable bonds is 16. The van der Waals surface area contributed by atoms with Gasteiger partial charge in [0, 0.05) is 17.5 Å². The Hall–Kier alpha value is -4.81. The molecule has 0 saturated heterocycles. The number of anilines is 2. The number of carbonyl (C=O) groups excluding carboxylic acids is 2. The van der Waals surface area contributed by atoms with E-state index >= 15 is 0 Å². The molecule has 0 unspecified atom stereocenters. The first-order valence-corrected chi connectivity index (χ1v) is 14.0. The van der Waals surface area contributed by atoms with Crippen LogP contribution in [0.5, 0.6) is 11.5 Å². The molecule has 0 aromatic heterocycles. The lowest BCUT2D eigenvalue weighted by Crippen LogP contribution is -2.21. The summed E-state index contributed by atoms with van der Waals surface area (Å²) in [5.74, 6) is -1.19. The molecule has 0 spiro atoms. The second-order valence-corrected chi connectivity index (χ2v) is 9.87. The number of unbranched alkanes of at least 4 members (excludes halogenated alkanes) is 3. The average Bonchev–Trinajstić information content (AvgIpc) is 2.97. The number of hydrogen-bond acceptors (Lipinski definition) is 8. The molecule has 0 amide bonds. The summed E-state index contributed by atoms with van der Waals surface area (Å²) >= 11 is 0. The molecule has 0 aliphatic heterocycles. The van der Waals surface area contributed by atoms with Gasteiger partial charge in [0.1, 0.15) is 11.5 Å². The van der Waals surface area contributed by atoms with Gasteiger partial charge < -0.3 is 30.4 Å². The fourth-order valence-corrected chi connectivity index (χ4v) is 3.87. The normalized spacial score (nSPS) is 11.8. The van der Waals surface area contributed by atoms with Crippen molar-refractivity contribution in [2.24, 2.45) is 0 Å². The first kappa shape index (κ1) is 34.7. The predicted octanol–water partition coefficient (Wildman–Crippen LogP) is 7.28. The fraction of sp³-hybridized carbons (Fsp3) is 0.312. The Morgan fingerprint density at radius 2 is 1.29 bits per heavy atom. The second-order valence-electron chi connectivity index (χ2n) is 9.87. The zero-order valence-corrected chi connectivity index (χ0v) is 24.2. The monoisotopic (exact) mass is 636 g/mol. The number of carbonyl (C=O) groups is 2. The highest BCUT2D eigenvalue weighted by molar-refractivity contribution is 5.91. The molecule has 0 fully saturated rings. The predicted molar refractivity (Wildman–Crippen MR) is 158 cm³/mol. The van der Waals surface area contributed by atoms with E-state index in [4.69, 9.17) is 30.4 Å². The summed E-state index contributed by atoms with van der Waals surface area (Å²) < 4.78 is 85.9. The van der Waals surface area contributed by atoms with Crippen molar-refractivity contribution in [1.29, 1.82) is 0 Å². The van der Waals surface area contributed by atoms with Crippen molar-refractivity contribution in [2.75, 3.05) is 31.3 Å². The van der Waals surface area contributed by atoms with E-state index < -0.39 is 42.8 Å². The molecule has 3 rings (SSSR count). The molecule has 45 heavy (non-hydrogen) atoms. The van der Waals surface area contributed by atoms with Crippen molar-refractivity contribution in [2.45, 2.75) is 44.4 Å². The van der Waals surface area contributed by atoms with Gasteiger partial charge in [0.2, 0.25) is 0 Å². The molecule has 0 aliphatic rings. The van der Waals surface area contributed by atoms with Crippen LogP contribution >= 0.6 is 0 Å². The maximum absolute atomic E-state index is 14.6. The number of halogens is 5. The van der Waals surface area contributed by atoms with Crippen LogP contribution in [-0.4, -0.2) is 37.9 Å². The second kappa shape index (κ2) is 16.3. The van der Waals surface area contributed by atoms with Crippen LogP contribution in [0.3, 0.4) is 0 Å². The molecule has 4 N–H and O–H groups in total. The first-order chi connectivity index (χ1) is 21.3. The molecule has 242 valence electrons. The quantitative estimate of drug-likeness (QED) is 0.0553. The van der Waals surface area contributed by atoms with Crippen molar-refractivity contribution in [1.82, 2.24) is 0 Å². The van der Waals surface area contributed by atoms with Gasteiger partial charge in [-0.3, -0.25) is 0 Å². The summed E-state index contributed by atoms with van der Waals surface area (Å²) in [6.07, 6.45) is -3.81. The lowest BCUT2D eigenvalue weighted by Gasteiger charge is -2.18. The van der Waals surface area contributed by atoms with Gasteiger partial charge in [-0.1, -0.05) is 12.1 Å². The fourth-order valence-electron chi connectivity index (χ4n) is 3.87. The minimum atomic E-state index is -4.38. The van der Waals surface area contributed by atoms with Crippen molar-refractivity contribution in [3.8, 4) is 11.5 Å². The zero-order chi connectivity index (χ0) is 32.9. The van der Waals surface area contributed by atoms with Crippen LogP contribution in [0.4, 0.5) is 33.3 Å². The van der Waals surface area contributed by atoms with E-state index in [1.54, 1.807) is 6.07 Å². The first-order valence-electron chi connectivity index (χ1n) is 14.0. The van der Waals surface area contributed by atoms with Gasteiger partial charge in [-0.15, -0.1) is 0 Å². The molecule has 8 nitrogen and oxygen atoms in total. The van der Waals surface area contributed by atoms with Crippen molar-refractivity contribution in [3.63, 3.8) is 0 Å². The zero-order valence-electron chi connectivity index (χ0n) is 24.2. The summed E-state index contributed by atoms with van der Waals surface area (Å²) in [6, 6.07) is 14.4. The Bertz CT molecular complexity index is 1410. The lowest BCUT2D eigenvalue weighted by molar-refractivity contribution is -0.185. The van der Waals surface area contributed by atoms with Gasteiger partial charge in [-0.05, 0) is 91.9 Å². The molecule has 3 aromatic rings. The van der Waals surface area contributed by atoms with Crippen LogP contribution < -0.4 is 20.9 Å². The molecular formula is C32H33F5N2O6. The van der Waals surface area contributed by atoms with Gasteiger partial charge in [0.15, 0.2) is 0 Å². The largest absolute Gasteiger partial charge is 0.493 e. The molecule has 0 atom stereocenters. The third kappa shape index (κ3) is 12.8.